The van der Waals surface area contributed by atoms with Crippen molar-refractivity contribution in [3.8, 4) is 5.75 Å². The van der Waals surface area contributed by atoms with E-state index in [0.29, 0.717) is 31.9 Å². The summed E-state index contributed by atoms with van der Waals surface area (Å²) in [5, 5.41) is 0. The van der Waals surface area contributed by atoms with Gasteiger partial charge in [0.1, 0.15) is 5.75 Å². The van der Waals surface area contributed by atoms with E-state index < -0.39 is 16.0 Å². The molecule has 0 amide bonds. The number of methoxy groups -OCH3 is 1. The molecule has 8 heteroatoms. The number of ether oxygens (including phenoxy) is 3. The molecule has 0 atom stereocenters. The van der Waals surface area contributed by atoms with Gasteiger partial charge in [0.05, 0.1) is 12.0 Å². The van der Waals surface area contributed by atoms with Crippen molar-refractivity contribution in [3.05, 3.63) is 24.3 Å². The van der Waals surface area contributed by atoms with Crippen molar-refractivity contribution in [2.24, 2.45) is 0 Å². The number of esters is 1. The van der Waals surface area contributed by atoms with Crippen molar-refractivity contribution >= 4 is 16.0 Å². The second kappa shape index (κ2) is 9.39. The Morgan fingerprint density at radius 1 is 1.23 bits per heavy atom. The van der Waals surface area contributed by atoms with Gasteiger partial charge in [-0.1, -0.05) is 0 Å². The molecule has 0 fully saturated rings. The van der Waals surface area contributed by atoms with Crippen molar-refractivity contribution in [3.63, 3.8) is 0 Å². The summed E-state index contributed by atoms with van der Waals surface area (Å²) in [6.07, 6.45) is 0.605. The minimum Gasteiger partial charge on any atom is -0.482 e. The van der Waals surface area contributed by atoms with Gasteiger partial charge in [0.25, 0.3) is 0 Å². The lowest BCUT2D eigenvalue weighted by atomic mass is 10.3. The molecule has 0 radical (unpaired) electrons. The highest BCUT2D eigenvalue weighted by Gasteiger charge is 2.13. The maximum absolute atomic E-state index is 12.0. The molecule has 0 saturated carbocycles. The van der Waals surface area contributed by atoms with Gasteiger partial charge in [0.15, 0.2) is 6.61 Å². The zero-order valence-electron chi connectivity index (χ0n) is 12.7. The highest BCUT2D eigenvalue weighted by molar-refractivity contribution is 7.89. The van der Waals surface area contributed by atoms with Gasteiger partial charge in [-0.25, -0.2) is 17.9 Å². The molecule has 0 bridgehead atoms. The highest BCUT2D eigenvalue weighted by atomic mass is 32.2. The fraction of sp³-hybridized carbons (Fsp3) is 0.500. The zero-order chi connectivity index (χ0) is 16.4. The molecule has 1 rings (SSSR count). The van der Waals surface area contributed by atoms with E-state index in [4.69, 9.17) is 9.47 Å². The van der Waals surface area contributed by atoms with Crippen LogP contribution in [0.1, 0.15) is 13.3 Å². The Morgan fingerprint density at radius 2 is 1.91 bits per heavy atom. The standard InChI is InChI=1S/C14H21NO6S/c1-3-20-10-4-9-15-22(17,18)13-7-5-12(6-8-13)21-11-14(16)19-2/h5-8,15H,3-4,9-11H2,1-2H3. The predicted molar refractivity (Wildman–Crippen MR) is 80.3 cm³/mol. The molecule has 0 aliphatic carbocycles. The van der Waals surface area contributed by atoms with Crippen LogP contribution in [0, 0.1) is 0 Å². The van der Waals surface area contributed by atoms with Gasteiger partial charge in [0.2, 0.25) is 10.0 Å². The second-order valence-corrected chi connectivity index (χ2v) is 6.05. The lowest BCUT2D eigenvalue weighted by Crippen LogP contribution is -2.25. The van der Waals surface area contributed by atoms with E-state index in [1.807, 2.05) is 6.92 Å². The number of carbonyl (C=O) groups excluding carboxylic acids is 1. The normalized spacial score (nSPS) is 11.2. The minimum absolute atomic E-state index is 0.134. The third-order valence-electron chi connectivity index (χ3n) is 2.68. The molecule has 0 spiro atoms. The van der Waals surface area contributed by atoms with Crippen molar-refractivity contribution in [2.45, 2.75) is 18.2 Å². The Hall–Kier alpha value is -1.64. The van der Waals surface area contributed by atoms with Crippen LogP contribution >= 0.6 is 0 Å². The number of hydrogen-bond donors (Lipinski definition) is 1. The van der Waals surface area contributed by atoms with E-state index in [2.05, 4.69) is 9.46 Å². The first-order valence-corrected chi connectivity index (χ1v) is 8.35. The first kappa shape index (κ1) is 18.4. The largest absolute Gasteiger partial charge is 0.482 e. The van der Waals surface area contributed by atoms with Gasteiger partial charge in [0, 0.05) is 19.8 Å². The van der Waals surface area contributed by atoms with Crippen LogP contribution in [0.2, 0.25) is 0 Å². The van der Waals surface area contributed by atoms with Crippen LogP contribution in [-0.4, -0.2) is 47.9 Å². The first-order chi connectivity index (χ1) is 10.5. The highest BCUT2D eigenvalue weighted by Crippen LogP contribution is 2.15. The molecule has 0 unspecified atom stereocenters. The van der Waals surface area contributed by atoms with Crippen LogP contribution in [0.15, 0.2) is 29.2 Å². The van der Waals surface area contributed by atoms with Crippen LogP contribution in [0.3, 0.4) is 0 Å². The SMILES string of the molecule is CCOCCCNS(=O)(=O)c1ccc(OCC(=O)OC)cc1. The maximum atomic E-state index is 12.0. The summed E-state index contributed by atoms with van der Waals surface area (Å²) in [6, 6.07) is 5.80. The molecule has 0 aromatic heterocycles. The van der Waals surface area contributed by atoms with Gasteiger partial charge in [-0.2, -0.15) is 0 Å². The average Bonchev–Trinajstić information content (AvgIpc) is 2.52. The van der Waals surface area contributed by atoms with Crippen molar-refractivity contribution < 1.29 is 27.4 Å². The Kier molecular flexibility index (Phi) is 7.86. The molecule has 0 heterocycles. The van der Waals surface area contributed by atoms with Crippen LogP contribution < -0.4 is 9.46 Å². The summed E-state index contributed by atoms with van der Waals surface area (Å²) in [5.41, 5.74) is 0. The summed E-state index contributed by atoms with van der Waals surface area (Å²) in [6.45, 7) is 3.09. The minimum atomic E-state index is -3.55. The molecule has 7 nitrogen and oxygen atoms in total. The monoisotopic (exact) mass is 331 g/mol. The van der Waals surface area contributed by atoms with Crippen LogP contribution in [0.4, 0.5) is 0 Å². The summed E-state index contributed by atoms with van der Waals surface area (Å²) in [4.78, 5) is 11.1. The lowest BCUT2D eigenvalue weighted by molar-refractivity contribution is -0.142. The van der Waals surface area contributed by atoms with E-state index in [1.54, 1.807) is 0 Å². The Labute approximate surface area is 130 Å². The fourth-order valence-electron chi connectivity index (χ4n) is 1.52. The van der Waals surface area contributed by atoms with Crippen LogP contribution in [0.5, 0.6) is 5.75 Å². The second-order valence-electron chi connectivity index (χ2n) is 4.28. The summed E-state index contributed by atoms with van der Waals surface area (Å²) >= 11 is 0. The Bertz CT molecular complexity index is 555. The molecule has 1 aromatic carbocycles. The van der Waals surface area contributed by atoms with Crippen LogP contribution in [0.25, 0.3) is 0 Å². The van der Waals surface area contributed by atoms with Crippen LogP contribution in [-0.2, 0) is 24.3 Å². The third-order valence-corrected chi connectivity index (χ3v) is 4.16. The zero-order valence-corrected chi connectivity index (χ0v) is 13.5. The first-order valence-electron chi connectivity index (χ1n) is 6.86. The van der Waals surface area contributed by atoms with Gasteiger partial charge in [-0.15, -0.1) is 0 Å². The molecular weight excluding hydrogens is 310 g/mol. The number of carbonyl (C=O) groups is 1. The number of sulfonamides is 1. The summed E-state index contributed by atoms with van der Waals surface area (Å²) in [7, 11) is -2.29. The third kappa shape index (κ3) is 6.42. The lowest BCUT2D eigenvalue weighted by Gasteiger charge is -2.08. The molecule has 0 aliphatic rings. The molecule has 0 aliphatic heterocycles. The number of rotatable bonds is 10. The van der Waals surface area contributed by atoms with Gasteiger partial charge in [-0.05, 0) is 37.6 Å². The molecule has 124 valence electrons. The predicted octanol–water partition coefficient (Wildman–Crippen LogP) is 0.943. The Balaban J connectivity index is 2.51. The molecule has 22 heavy (non-hydrogen) atoms. The molecule has 0 saturated heterocycles. The quantitative estimate of drug-likeness (QED) is 0.507. The van der Waals surface area contributed by atoms with Gasteiger partial charge in [-0.3, -0.25) is 0 Å². The van der Waals surface area contributed by atoms with E-state index in [9.17, 15) is 13.2 Å². The summed E-state index contributed by atoms with van der Waals surface area (Å²) < 4.78 is 41.3. The number of hydrogen-bond acceptors (Lipinski definition) is 6. The van der Waals surface area contributed by atoms with E-state index in [-0.39, 0.29) is 11.5 Å². The molecule has 1 N–H and O–H groups in total. The van der Waals surface area contributed by atoms with E-state index in [1.165, 1.54) is 31.4 Å². The van der Waals surface area contributed by atoms with E-state index in [0.717, 1.165) is 0 Å². The average molecular weight is 331 g/mol. The molecule has 1 aromatic rings. The molecular formula is C14H21NO6S. The van der Waals surface area contributed by atoms with Crippen molar-refractivity contribution in [1.29, 1.82) is 0 Å². The summed E-state index contributed by atoms with van der Waals surface area (Å²) in [5.74, 6) is -0.117. The topological polar surface area (TPSA) is 90.9 Å². The smallest absolute Gasteiger partial charge is 0.343 e. The number of nitrogens with one attached hydrogen (secondary N) is 1. The van der Waals surface area contributed by atoms with E-state index >= 15 is 0 Å². The van der Waals surface area contributed by atoms with Crippen molar-refractivity contribution in [2.75, 3.05) is 33.5 Å². The van der Waals surface area contributed by atoms with Gasteiger partial charge < -0.3 is 14.2 Å². The fourth-order valence-corrected chi connectivity index (χ4v) is 2.60. The maximum Gasteiger partial charge on any atom is 0.343 e. The number of benzene rings is 1. The van der Waals surface area contributed by atoms with Gasteiger partial charge >= 0.3 is 5.97 Å². The van der Waals surface area contributed by atoms with Crippen molar-refractivity contribution in [1.82, 2.24) is 4.72 Å². The Morgan fingerprint density at radius 3 is 2.50 bits per heavy atom.